The van der Waals surface area contributed by atoms with Crippen LogP contribution < -0.4 is 10.2 Å². The molecule has 1 saturated heterocycles. The molecule has 7 heteroatoms. The molecule has 2 N–H and O–H groups in total. The zero-order chi connectivity index (χ0) is 31.2. The van der Waals surface area contributed by atoms with Crippen LogP contribution in [0.3, 0.4) is 0 Å². The van der Waals surface area contributed by atoms with E-state index in [9.17, 15) is 10.1 Å². The van der Waals surface area contributed by atoms with Crippen molar-refractivity contribution in [2.24, 2.45) is 0 Å². The summed E-state index contributed by atoms with van der Waals surface area (Å²) < 4.78 is 10.6. The van der Waals surface area contributed by atoms with Gasteiger partial charge in [-0.1, -0.05) is 48.4 Å². The van der Waals surface area contributed by atoms with Crippen LogP contribution in [0, 0.1) is 23.7 Å². The minimum atomic E-state index is -0.529. The van der Waals surface area contributed by atoms with Gasteiger partial charge in [0.25, 0.3) is 0 Å². The van der Waals surface area contributed by atoms with Gasteiger partial charge in [-0.3, -0.25) is 0 Å². The fourth-order valence-electron chi connectivity index (χ4n) is 5.91. The summed E-state index contributed by atoms with van der Waals surface area (Å²) in [7, 11) is 1.37. The Bertz CT molecular complexity index is 1890. The molecular formula is C38H34N4O3. The number of carbonyl (C=O) groups is 1. The lowest BCUT2D eigenvalue weighted by molar-refractivity contribution is 0.0602. The van der Waals surface area contributed by atoms with E-state index in [1.54, 1.807) is 0 Å². The van der Waals surface area contributed by atoms with E-state index >= 15 is 0 Å². The SMILES string of the molecule is C#Cc1ccc(-c2cccc3[nH]cc(CCC(C#N)Nc4ccc(-c5ccc(N6CCOCC6)cc5)cc4C(=O)OC)c23)cc1. The lowest BCUT2D eigenvalue weighted by Gasteiger charge is -2.29. The highest BCUT2D eigenvalue weighted by atomic mass is 16.5. The van der Waals surface area contributed by atoms with Gasteiger partial charge in [0.05, 0.1) is 32.0 Å². The summed E-state index contributed by atoms with van der Waals surface area (Å²) >= 11 is 0. The second-order valence-corrected chi connectivity index (χ2v) is 11.0. The van der Waals surface area contributed by atoms with Gasteiger partial charge < -0.3 is 24.7 Å². The number of rotatable bonds is 9. The molecule has 0 spiro atoms. The van der Waals surface area contributed by atoms with Crippen molar-refractivity contribution < 1.29 is 14.3 Å². The Morgan fingerprint density at radius 2 is 1.76 bits per heavy atom. The third-order valence-corrected chi connectivity index (χ3v) is 8.34. The van der Waals surface area contributed by atoms with Crippen LogP contribution in [0.15, 0.2) is 91.1 Å². The first-order valence-corrected chi connectivity index (χ1v) is 15.1. The van der Waals surface area contributed by atoms with Crippen LogP contribution in [0.5, 0.6) is 0 Å². The van der Waals surface area contributed by atoms with Crippen LogP contribution in [0.25, 0.3) is 33.2 Å². The molecule has 1 aromatic heterocycles. The summed E-state index contributed by atoms with van der Waals surface area (Å²) in [6, 6.07) is 30.0. The van der Waals surface area contributed by atoms with E-state index in [4.69, 9.17) is 15.9 Å². The molecule has 0 saturated carbocycles. The summed E-state index contributed by atoms with van der Waals surface area (Å²) in [6.45, 7) is 3.20. The van der Waals surface area contributed by atoms with E-state index in [-0.39, 0.29) is 0 Å². The molecule has 1 aliphatic rings. The van der Waals surface area contributed by atoms with Gasteiger partial charge in [-0.25, -0.2) is 4.79 Å². The zero-order valence-electron chi connectivity index (χ0n) is 25.2. The number of methoxy groups -OCH3 is 1. The number of fused-ring (bicyclic) bond motifs is 1. The number of aryl methyl sites for hydroxylation is 1. The molecular weight excluding hydrogens is 560 g/mol. The van der Waals surface area contributed by atoms with E-state index in [2.05, 4.69) is 63.6 Å². The number of H-pyrrole nitrogens is 1. The maximum absolute atomic E-state index is 12.9. The average molecular weight is 595 g/mol. The van der Waals surface area contributed by atoms with Crippen molar-refractivity contribution in [3.8, 4) is 40.7 Å². The van der Waals surface area contributed by atoms with Crippen LogP contribution in [0.4, 0.5) is 11.4 Å². The summed E-state index contributed by atoms with van der Waals surface area (Å²) in [5, 5.41) is 14.5. The number of nitrogens with zero attached hydrogens (tertiary/aromatic N) is 2. The molecule has 5 aromatic rings. The van der Waals surface area contributed by atoms with E-state index < -0.39 is 12.0 Å². The van der Waals surface area contributed by atoms with Gasteiger partial charge in [-0.15, -0.1) is 6.42 Å². The van der Waals surface area contributed by atoms with E-state index in [0.29, 0.717) is 24.1 Å². The van der Waals surface area contributed by atoms with Gasteiger partial charge in [0.1, 0.15) is 6.04 Å². The number of nitrogens with one attached hydrogen (secondary N) is 2. The lowest BCUT2D eigenvalue weighted by Crippen LogP contribution is -2.36. The summed E-state index contributed by atoms with van der Waals surface area (Å²) in [5.74, 6) is 2.21. The number of hydrogen-bond donors (Lipinski definition) is 2. The van der Waals surface area contributed by atoms with Crippen LogP contribution in [-0.2, 0) is 15.9 Å². The normalized spacial score (nSPS) is 13.5. The maximum atomic E-state index is 12.9. The Hall–Kier alpha value is -5.50. The number of terminal acetylenes is 1. The number of benzene rings is 4. The topological polar surface area (TPSA) is 90.4 Å². The molecule has 0 radical (unpaired) electrons. The minimum absolute atomic E-state index is 0.386. The number of carbonyl (C=O) groups excluding carboxylic acids is 1. The molecule has 6 rings (SSSR count). The third kappa shape index (κ3) is 6.40. The van der Waals surface area contributed by atoms with Crippen molar-refractivity contribution in [3.05, 3.63) is 108 Å². The van der Waals surface area contributed by atoms with Crippen molar-refractivity contribution in [2.45, 2.75) is 18.9 Å². The Morgan fingerprint density at radius 1 is 1.02 bits per heavy atom. The van der Waals surface area contributed by atoms with Crippen molar-refractivity contribution in [3.63, 3.8) is 0 Å². The number of aromatic nitrogens is 1. The molecule has 4 aromatic carbocycles. The number of anilines is 2. The quantitative estimate of drug-likeness (QED) is 0.141. The number of ether oxygens (including phenoxy) is 2. The number of morpholine rings is 1. The highest BCUT2D eigenvalue weighted by molar-refractivity contribution is 5.98. The first kappa shape index (κ1) is 29.6. The molecule has 1 unspecified atom stereocenters. The van der Waals surface area contributed by atoms with Crippen LogP contribution in [-0.4, -0.2) is 50.4 Å². The Morgan fingerprint density at radius 3 is 2.47 bits per heavy atom. The van der Waals surface area contributed by atoms with Gasteiger partial charge >= 0.3 is 5.97 Å². The minimum Gasteiger partial charge on any atom is -0.465 e. The fourth-order valence-corrected chi connectivity index (χ4v) is 5.91. The summed E-state index contributed by atoms with van der Waals surface area (Å²) in [6.07, 6.45) is 8.76. The highest BCUT2D eigenvalue weighted by Crippen LogP contribution is 2.33. The van der Waals surface area contributed by atoms with Crippen LogP contribution in [0.1, 0.15) is 27.9 Å². The van der Waals surface area contributed by atoms with Crippen molar-refractivity contribution in [1.82, 2.24) is 4.98 Å². The lowest BCUT2D eigenvalue weighted by atomic mass is 9.96. The standard InChI is InChI=1S/C38H34N4O3/c1-3-26-7-9-28(10-8-26)33-5-4-6-36-37(33)30(25-40-36)11-15-31(24-39)41-35-18-14-29(23-34(35)38(43)44-2)27-12-16-32(17-13-27)42-19-21-45-22-20-42/h1,4-10,12-14,16-18,23,25,31,40-41H,11,15,19-22H2,2H3. The van der Waals surface area contributed by atoms with Crippen LogP contribution >= 0.6 is 0 Å². The van der Waals surface area contributed by atoms with Gasteiger partial charge in [-0.2, -0.15) is 5.26 Å². The van der Waals surface area contributed by atoms with Gasteiger partial charge in [-0.05, 0) is 83.1 Å². The Kier molecular flexibility index (Phi) is 8.82. The van der Waals surface area contributed by atoms with E-state index in [1.807, 2.05) is 54.7 Å². The molecule has 7 nitrogen and oxygen atoms in total. The summed E-state index contributed by atoms with van der Waals surface area (Å²) in [5.41, 5.74) is 9.16. The highest BCUT2D eigenvalue weighted by Gasteiger charge is 2.19. The van der Waals surface area contributed by atoms with Gasteiger partial charge in [0.15, 0.2) is 0 Å². The smallest absolute Gasteiger partial charge is 0.339 e. The monoisotopic (exact) mass is 594 g/mol. The molecule has 0 amide bonds. The van der Waals surface area contributed by atoms with Crippen LogP contribution in [0.2, 0.25) is 0 Å². The average Bonchev–Trinajstić information content (AvgIpc) is 3.53. The number of nitriles is 1. The van der Waals surface area contributed by atoms with Crippen molar-refractivity contribution in [1.29, 1.82) is 5.26 Å². The Balaban J connectivity index is 1.20. The van der Waals surface area contributed by atoms with Crippen molar-refractivity contribution in [2.75, 3.05) is 43.6 Å². The summed E-state index contributed by atoms with van der Waals surface area (Å²) in [4.78, 5) is 18.6. The predicted molar refractivity (Wildman–Crippen MR) is 179 cm³/mol. The first-order valence-electron chi connectivity index (χ1n) is 15.1. The number of hydrogen-bond acceptors (Lipinski definition) is 6. The van der Waals surface area contributed by atoms with E-state index in [1.165, 1.54) is 7.11 Å². The van der Waals surface area contributed by atoms with Gasteiger partial charge in [0.2, 0.25) is 0 Å². The number of esters is 1. The zero-order valence-corrected chi connectivity index (χ0v) is 25.2. The Labute approximate surface area is 263 Å². The predicted octanol–water partition coefficient (Wildman–Crippen LogP) is 7.04. The fraction of sp³-hybridized carbons (Fsp3) is 0.211. The molecule has 45 heavy (non-hydrogen) atoms. The third-order valence-electron chi connectivity index (χ3n) is 8.34. The first-order chi connectivity index (χ1) is 22.1. The molecule has 224 valence electrons. The largest absolute Gasteiger partial charge is 0.465 e. The molecule has 0 bridgehead atoms. The molecule has 1 fully saturated rings. The maximum Gasteiger partial charge on any atom is 0.339 e. The number of aromatic amines is 1. The van der Waals surface area contributed by atoms with E-state index in [0.717, 1.165) is 76.3 Å². The van der Waals surface area contributed by atoms with Crippen molar-refractivity contribution >= 4 is 28.2 Å². The second kappa shape index (κ2) is 13.4. The molecule has 1 atom stereocenters. The second-order valence-electron chi connectivity index (χ2n) is 11.0. The molecule has 2 heterocycles. The van der Waals surface area contributed by atoms with Gasteiger partial charge in [0, 0.05) is 47.1 Å². The molecule has 0 aliphatic carbocycles. The molecule has 1 aliphatic heterocycles.